The number of benzene rings is 1. The predicted molar refractivity (Wildman–Crippen MR) is 178 cm³/mol. The van der Waals surface area contributed by atoms with Crippen molar-refractivity contribution < 1.29 is 25.2 Å². The number of carbonyl (C=O) groups excluding carboxylic acids is 1. The lowest BCUT2D eigenvalue weighted by Crippen LogP contribution is -2.39. The number of pyridine rings is 1. The summed E-state index contributed by atoms with van der Waals surface area (Å²) in [4.78, 5) is 20.8. The van der Waals surface area contributed by atoms with E-state index in [0.717, 1.165) is 67.8 Å². The Labute approximate surface area is 266 Å². The molecule has 8 nitrogen and oxygen atoms in total. The van der Waals surface area contributed by atoms with E-state index in [1.54, 1.807) is 0 Å². The highest BCUT2D eigenvalue weighted by molar-refractivity contribution is 5.80. The monoisotopic (exact) mass is 611 g/mol. The number of rotatable bonds is 10. The molecule has 1 unspecified atom stereocenters. The Kier molecular flexibility index (Phi) is 11.9. The summed E-state index contributed by atoms with van der Waals surface area (Å²) in [5.41, 5.74) is 3.71. The zero-order valence-electron chi connectivity index (χ0n) is 28.3. The number of esters is 1. The first-order chi connectivity index (χ1) is 21.1. The van der Waals surface area contributed by atoms with Gasteiger partial charge >= 0.3 is 5.97 Å². The van der Waals surface area contributed by atoms with E-state index in [0.29, 0.717) is 31.3 Å². The van der Waals surface area contributed by atoms with E-state index >= 15 is 0 Å². The SMILES string of the molecule is CC.Cc1cc2c(c(C(C(=O)OC(C)(C)C)N3CC[C@@H](OCCCCc4ccc5c(n4)NCCC5)C3)c1)O[C@H](C(C)C)CO2.[HH]. The molecule has 0 aliphatic carbocycles. The number of anilines is 1. The normalized spacial score (nSPS) is 20.3. The zero-order valence-corrected chi connectivity index (χ0v) is 28.3. The summed E-state index contributed by atoms with van der Waals surface area (Å²) in [6, 6.07) is 7.84. The molecule has 1 saturated heterocycles. The number of aromatic nitrogens is 1. The minimum atomic E-state index is -0.602. The maximum absolute atomic E-state index is 13.8. The number of hydrogen-bond donors (Lipinski definition) is 1. The van der Waals surface area contributed by atoms with Crippen LogP contribution < -0.4 is 14.8 Å². The van der Waals surface area contributed by atoms with E-state index in [1.807, 2.05) is 47.6 Å². The largest absolute Gasteiger partial charge is 0.486 e. The summed E-state index contributed by atoms with van der Waals surface area (Å²) in [5, 5.41) is 3.43. The fourth-order valence-corrected chi connectivity index (χ4v) is 6.01. The summed E-state index contributed by atoms with van der Waals surface area (Å²) >= 11 is 0. The second-order valence-electron chi connectivity index (χ2n) is 13.4. The number of unbranched alkanes of at least 4 members (excludes halogenated alkanes) is 1. The number of nitrogens with one attached hydrogen (secondary N) is 1. The third-order valence-corrected chi connectivity index (χ3v) is 8.24. The lowest BCUT2D eigenvalue weighted by Gasteiger charge is -2.35. The predicted octanol–water partition coefficient (Wildman–Crippen LogP) is 7.31. The topological polar surface area (TPSA) is 82.2 Å². The molecule has 2 aromatic rings. The summed E-state index contributed by atoms with van der Waals surface area (Å²) in [7, 11) is 0. The zero-order chi connectivity index (χ0) is 31.9. The van der Waals surface area contributed by atoms with Crippen LogP contribution in [0.15, 0.2) is 24.3 Å². The molecule has 0 radical (unpaired) electrons. The molecule has 1 aromatic carbocycles. The Morgan fingerprint density at radius 1 is 1.20 bits per heavy atom. The summed E-state index contributed by atoms with van der Waals surface area (Å²) < 4.78 is 24.9. The van der Waals surface area contributed by atoms with Crippen molar-refractivity contribution in [2.75, 3.05) is 38.2 Å². The maximum Gasteiger partial charge on any atom is 0.328 e. The van der Waals surface area contributed by atoms with Gasteiger partial charge in [-0.2, -0.15) is 0 Å². The van der Waals surface area contributed by atoms with E-state index in [9.17, 15) is 4.79 Å². The van der Waals surface area contributed by atoms with Crippen molar-refractivity contribution in [1.82, 2.24) is 9.88 Å². The van der Waals surface area contributed by atoms with Crippen LogP contribution in [-0.4, -0.2) is 66.5 Å². The molecule has 0 saturated carbocycles. The minimum absolute atomic E-state index is 0. The average Bonchev–Trinajstić information content (AvgIpc) is 3.45. The lowest BCUT2D eigenvalue weighted by molar-refractivity contribution is -0.161. The summed E-state index contributed by atoms with van der Waals surface area (Å²) in [6.45, 7) is 19.6. The van der Waals surface area contributed by atoms with Gasteiger partial charge in [0.05, 0.1) is 6.10 Å². The minimum Gasteiger partial charge on any atom is -0.486 e. The Bertz CT molecular complexity index is 1250. The second kappa shape index (κ2) is 15.4. The molecule has 5 rings (SSSR count). The third-order valence-electron chi connectivity index (χ3n) is 8.24. The van der Waals surface area contributed by atoms with Gasteiger partial charge in [0.15, 0.2) is 11.5 Å². The van der Waals surface area contributed by atoms with Gasteiger partial charge in [-0.3, -0.25) is 4.90 Å². The van der Waals surface area contributed by atoms with Crippen molar-refractivity contribution in [3.05, 3.63) is 46.6 Å². The van der Waals surface area contributed by atoms with E-state index in [-0.39, 0.29) is 25.5 Å². The van der Waals surface area contributed by atoms with E-state index in [2.05, 4.69) is 42.3 Å². The van der Waals surface area contributed by atoms with Crippen LogP contribution in [0.3, 0.4) is 0 Å². The van der Waals surface area contributed by atoms with Gasteiger partial charge in [0.2, 0.25) is 0 Å². The van der Waals surface area contributed by atoms with Gasteiger partial charge in [-0.1, -0.05) is 33.8 Å². The number of hydrogen-bond acceptors (Lipinski definition) is 8. The van der Waals surface area contributed by atoms with Crippen molar-refractivity contribution in [3.8, 4) is 11.5 Å². The van der Waals surface area contributed by atoms with E-state index in [1.165, 1.54) is 12.0 Å². The highest BCUT2D eigenvalue weighted by Gasteiger charge is 2.40. The Morgan fingerprint density at radius 3 is 2.75 bits per heavy atom. The molecule has 1 fully saturated rings. The number of nitrogens with zero attached hydrogens (tertiary/aromatic N) is 2. The lowest BCUT2D eigenvalue weighted by atomic mass is 9.99. The van der Waals surface area contributed by atoms with Crippen LogP contribution in [-0.2, 0) is 27.1 Å². The molecular weight excluding hydrogens is 554 g/mol. The van der Waals surface area contributed by atoms with Crippen LogP contribution >= 0.6 is 0 Å². The molecule has 0 amide bonds. The molecule has 4 heterocycles. The smallest absolute Gasteiger partial charge is 0.328 e. The molecule has 1 aromatic heterocycles. The molecule has 3 aliphatic rings. The van der Waals surface area contributed by atoms with Gasteiger partial charge in [0, 0.05) is 38.9 Å². The molecule has 8 heteroatoms. The maximum atomic E-state index is 13.8. The highest BCUT2D eigenvalue weighted by atomic mass is 16.6. The van der Waals surface area contributed by atoms with Gasteiger partial charge in [-0.05, 0) is 101 Å². The number of fused-ring (bicyclic) bond motifs is 2. The highest BCUT2D eigenvalue weighted by Crippen LogP contribution is 2.43. The van der Waals surface area contributed by atoms with Gasteiger partial charge in [0.25, 0.3) is 0 Å². The van der Waals surface area contributed by atoms with Crippen molar-refractivity contribution in [2.45, 2.75) is 118 Å². The Hall–Kier alpha value is -2.84. The summed E-state index contributed by atoms with van der Waals surface area (Å²) in [6.07, 6.45) is 6.13. The van der Waals surface area contributed by atoms with Gasteiger partial charge in [-0.25, -0.2) is 9.78 Å². The van der Waals surface area contributed by atoms with Crippen LogP contribution in [0.5, 0.6) is 11.5 Å². The standard InChI is InChI=1S/C34H49N3O5.C2H6.H2/c1-22(2)29-21-40-28-19-23(3)18-27(31(28)41-29)30(33(38)42-34(4,5)6)37-16-14-26(20-37)39-17-8-7-11-25-13-12-24-10-9-15-35-32(24)36-25;1-2;/h12-13,18-19,22,26,29-30H,7-11,14-17,20-21H2,1-6H3,(H,35,36);1-2H3;1H/t26-,29+,30?;;/m1../s1. The molecule has 3 atom stereocenters. The van der Waals surface area contributed by atoms with Crippen LogP contribution in [0.4, 0.5) is 5.82 Å². The number of likely N-dealkylation sites (tertiary alicyclic amines) is 1. The number of carbonyl (C=O) groups is 1. The first-order valence-corrected chi connectivity index (χ1v) is 16.8. The summed E-state index contributed by atoms with van der Waals surface area (Å²) in [5.74, 6) is 2.45. The van der Waals surface area contributed by atoms with E-state index in [4.69, 9.17) is 23.9 Å². The van der Waals surface area contributed by atoms with Crippen molar-refractivity contribution in [1.29, 1.82) is 0 Å². The molecule has 3 aliphatic heterocycles. The quantitative estimate of drug-likeness (QED) is 0.221. The molecule has 44 heavy (non-hydrogen) atoms. The fraction of sp³-hybridized carbons (Fsp3) is 0.667. The Morgan fingerprint density at radius 2 is 2.00 bits per heavy atom. The second-order valence-corrected chi connectivity index (χ2v) is 13.4. The van der Waals surface area contributed by atoms with Crippen molar-refractivity contribution in [3.63, 3.8) is 0 Å². The molecular formula is C36H57N3O5. The molecule has 0 bridgehead atoms. The Balaban J connectivity index is 0.00000180. The van der Waals surface area contributed by atoms with Crippen molar-refractivity contribution in [2.24, 2.45) is 5.92 Å². The number of ether oxygens (including phenoxy) is 4. The number of aryl methyl sites for hydroxylation is 3. The van der Waals surface area contributed by atoms with Gasteiger partial charge in [-0.15, -0.1) is 0 Å². The first kappa shape index (κ1) is 34.0. The van der Waals surface area contributed by atoms with Gasteiger partial charge in [0.1, 0.15) is 30.2 Å². The van der Waals surface area contributed by atoms with Crippen LogP contribution in [0.2, 0.25) is 0 Å². The molecule has 0 spiro atoms. The van der Waals surface area contributed by atoms with Gasteiger partial charge < -0.3 is 24.3 Å². The molecule has 246 valence electrons. The molecule has 1 N–H and O–H groups in total. The van der Waals surface area contributed by atoms with Crippen molar-refractivity contribution >= 4 is 11.8 Å². The average molecular weight is 612 g/mol. The van der Waals surface area contributed by atoms with Crippen LogP contribution in [0, 0.1) is 12.8 Å². The first-order valence-electron chi connectivity index (χ1n) is 16.8. The van der Waals surface area contributed by atoms with Crippen LogP contribution in [0.1, 0.15) is 104 Å². The fourth-order valence-electron chi connectivity index (χ4n) is 6.01. The van der Waals surface area contributed by atoms with Crippen LogP contribution in [0.25, 0.3) is 0 Å². The third kappa shape index (κ3) is 8.87. The van der Waals surface area contributed by atoms with E-state index < -0.39 is 11.6 Å².